The van der Waals surface area contributed by atoms with Crippen molar-refractivity contribution >= 4 is 11.8 Å². The molecule has 34 heavy (non-hydrogen) atoms. The van der Waals surface area contributed by atoms with E-state index in [0.29, 0.717) is 29.9 Å². The van der Waals surface area contributed by atoms with Gasteiger partial charge in [0.25, 0.3) is 5.91 Å². The van der Waals surface area contributed by atoms with Crippen LogP contribution in [0.5, 0.6) is 0 Å². The Morgan fingerprint density at radius 2 is 1.44 bits per heavy atom. The van der Waals surface area contributed by atoms with E-state index in [1.54, 1.807) is 0 Å². The average molecular weight is 460 g/mol. The minimum atomic E-state index is -0.468. The highest BCUT2D eigenvalue weighted by atomic mass is 16.2. The van der Waals surface area contributed by atoms with Crippen molar-refractivity contribution < 1.29 is 9.59 Å². The van der Waals surface area contributed by atoms with Gasteiger partial charge in [0.05, 0.1) is 0 Å². The summed E-state index contributed by atoms with van der Waals surface area (Å²) in [4.78, 5) is 28.9. The Balaban J connectivity index is 1.35. The molecule has 5 nitrogen and oxygen atoms in total. The summed E-state index contributed by atoms with van der Waals surface area (Å²) >= 11 is 0. The molecule has 0 spiro atoms. The molecule has 2 aromatic carbocycles. The van der Waals surface area contributed by atoms with Crippen molar-refractivity contribution in [1.82, 2.24) is 15.5 Å². The Morgan fingerprint density at radius 3 is 2.00 bits per heavy atom. The molecule has 2 N–H and O–H groups in total. The first-order valence-corrected chi connectivity index (χ1v) is 12.8. The molecule has 0 aliphatic heterocycles. The van der Waals surface area contributed by atoms with E-state index in [1.165, 1.54) is 19.3 Å². The molecule has 4 aliphatic carbocycles. The highest BCUT2D eigenvalue weighted by molar-refractivity contribution is 5.98. The molecule has 4 fully saturated rings. The molecule has 1 atom stereocenters. The maximum absolute atomic E-state index is 13.5. The largest absolute Gasteiger partial charge is 0.353 e. The van der Waals surface area contributed by atoms with Crippen molar-refractivity contribution in [3.8, 4) is 11.1 Å². The lowest BCUT2D eigenvalue weighted by Gasteiger charge is -2.59. The fourth-order valence-corrected chi connectivity index (χ4v) is 7.19. The summed E-state index contributed by atoms with van der Waals surface area (Å²) < 4.78 is 0. The van der Waals surface area contributed by atoms with Crippen LogP contribution < -0.4 is 10.6 Å². The summed E-state index contributed by atoms with van der Waals surface area (Å²) in [7, 11) is 4.01. The van der Waals surface area contributed by atoms with Crippen LogP contribution in [0, 0.1) is 23.2 Å². The monoisotopic (exact) mass is 459 g/mol. The van der Waals surface area contributed by atoms with Crippen LogP contribution in [0.15, 0.2) is 54.6 Å². The first-order valence-electron chi connectivity index (χ1n) is 12.8. The molecule has 6 rings (SSSR count). The Hall–Kier alpha value is -2.66. The summed E-state index contributed by atoms with van der Waals surface area (Å²) in [6.45, 7) is 1.38. The van der Waals surface area contributed by atoms with Gasteiger partial charge in [-0.2, -0.15) is 0 Å². The van der Waals surface area contributed by atoms with Gasteiger partial charge in [0, 0.05) is 24.1 Å². The van der Waals surface area contributed by atoms with E-state index in [1.807, 2.05) is 56.6 Å². The molecule has 0 aromatic heterocycles. The van der Waals surface area contributed by atoms with Gasteiger partial charge in [-0.3, -0.25) is 9.59 Å². The summed E-state index contributed by atoms with van der Waals surface area (Å²) in [5.74, 6) is 1.97. The Labute approximate surface area is 203 Å². The second kappa shape index (κ2) is 9.53. The molecule has 2 aromatic rings. The third-order valence-corrected chi connectivity index (χ3v) is 8.35. The minimum absolute atomic E-state index is 0.0157. The smallest absolute Gasteiger partial charge is 0.251 e. The van der Waals surface area contributed by atoms with Crippen LogP contribution in [0.2, 0.25) is 0 Å². The van der Waals surface area contributed by atoms with Gasteiger partial charge in [0.15, 0.2) is 0 Å². The van der Waals surface area contributed by atoms with Gasteiger partial charge < -0.3 is 15.5 Å². The van der Waals surface area contributed by atoms with E-state index in [-0.39, 0.29) is 17.2 Å². The van der Waals surface area contributed by atoms with Crippen molar-refractivity contribution in [2.75, 3.05) is 27.2 Å². The predicted octanol–water partition coefficient (Wildman–Crippen LogP) is 4.35. The van der Waals surface area contributed by atoms with Crippen LogP contribution in [-0.4, -0.2) is 49.9 Å². The molecular weight excluding hydrogens is 422 g/mol. The number of hydrogen-bond donors (Lipinski definition) is 2. The third kappa shape index (κ3) is 4.76. The van der Waals surface area contributed by atoms with Crippen LogP contribution in [0.4, 0.5) is 0 Å². The standard InChI is InChI=1S/C29H37N3O2/c1-32(2)13-12-30-28(34)26(29-17-20-14-21(18-29)16-22(15-20)19-29)31-27(33)25-10-8-24(9-11-25)23-6-4-3-5-7-23/h3-11,20-22,26H,12-19H2,1-2H3,(H,30,34)(H,31,33)/t20?,21?,22?,26-,29?/m0/s1. The van der Waals surface area contributed by atoms with Crippen LogP contribution >= 0.6 is 0 Å². The highest BCUT2D eigenvalue weighted by Gasteiger charge is 2.56. The number of rotatable bonds is 8. The zero-order valence-corrected chi connectivity index (χ0v) is 20.4. The van der Waals surface area contributed by atoms with Gasteiger partial charge in [-0.15, -0.1) is 0 Å². The normalized spacial score (nSPS) is 28.0. The molecule has 0 unspecified atom stereocenters. The summed E-state index contributed by atoms with van der Waals surface area (Å²) in [5.41, 5.74) is 2.71. The van der Waals surface area contributed by atoms with Gasteiger partial charge in [0.2, 0.25) is 5.91 Å². The van der Waals surface area contributed by atoms with Crippen molar-refractivity contribution in [2.45, 2.75) is 44.6 Å². The number of nitrogens with zero attached hydrogens (tertiary/aromatic N) is 1. The maximum atomic E-state index is 13.5. The lowest BCUT2D eigenvalue weighted by atomic mass is 9.47. The van der Waals surface area contributed by atoms with E-state index in [4.69, 9.17) is 0 Å². The number of benzene rings is 2. The molecule has 0 saturated heterocycles. The Kier molecular flexibility index (Phi) is 6.48. The van der Waals surface area contributed by atoms with Gasteiger partial charge >= 0.3 is 0 Å². The number of nitrogens with one attached hydrogen (secondary N) is 2. The molecule has 4 saturated carbocycles. The molecule has 0 heterocycles. The van der Waals surface area contributed by atoms with Gasteiger partial charge in [-0.25, -0.2) is 0 Å². The first-order chi connectivity index (χ1) is 16.4. The molecule has 180 valence electrons. The Morgan fingerprint density at radius 1 is 0.882 bits per heavy atom. The fourth-order valence-electron chi connectivity index (χ4n) is 7.19. The van der Waals surface area contributed by atoms with Crippen molar-refractivity contribution in [3.05, 3.63) is 60.2 Å². The minimum Gasteiger partial charge on any atom is -0.353 e. The summed E-state index contributed by atoms with van der Waals surface area (Å²) in [6, 6.07) is 17.4. The van der Waals surface area contributed by atoms with E-state index >= 15 is 0 Å². The predicted molar refractivity (Wildman–Crippen MR) is 135 cm³/mol. The SMILES string of the molecule is CN(C)CCNC(=O)[C@H](NC(=O)c1ccc(-c2ccccc2)cc1)C12CC3CC(CC(C3)C1)C2. The van der Waals surface area contributed by atoms with Crippen molar-refractivity contribution in [3.63, 3.8) is 0 Å². The van der Waals surface area contributed by atoms with E-state index in [0.717, 1.165) is 36.9 Å². The van der Waals surface area contributed by atoms with Crippen molar-refractivity contribution in [1.29, 1.82) is 0 Å². The molecular formula is C29H37N3O2. The fraction of sp³-hybridized carbons (Fsp3) is 0.517. The number of carbonyl (C=O) groups excluding carboxylic acids is 2. The van der Waals surface area contributed by atoms with E-state index < -0.39 is 6.04 Å². The molecule has 4 aliphatic rings. The molecule has 5 heteroatoms. The zero-order chi connectivity index (χ0) is 23.7. The van der Waals surface area contributed by atoms with Crippen LogP contribution in [0.25, 0.3) is 11.1 Å². The molecule has 0 radical (unpaired) electrons. The van der Waals surface area contributed by atoms with Gasteiger partial charge in [-0.1, -0.05) is 42.5 Å². The molecule has 4 bridgehead atoms. The zero-order valence-electron chi connectivity index (χ0n) is 20.4. The average Bonchev–Trinajstić information content (AvgIpc) is 2.82. The van der Waals surface area contributed by atoms with Crippen LogP contribution in [-0.2, 0) is 4.79 Å². The van der Waals surface area contributed by atoms with Crippen LogP contribution in [0.3, 0.4) is 0 Å². The number of amides is 2. The lowest BCUT2D eigenvalue weighted by Crippen LogP contribution is -2.62. The Bertz CT molecular complexity index is 980. The second-order valence-corrected chi connectivity index (χ2v) is 11.2. The van der Waals surface area contributed by atoms with E-state index in [2.05, 4.69) is 27.7 Å². The summed E-state index contributed by atoms with van der Waals surface area (Å²) in [6.07, 6.45) is 7.13. The van der Waals surface area contributed by atoms with Gasteiger partial charge in [-0.05, 0) is 93.6 Å². The number of carbonyl (C=O) groups is 2. The van der Waals surface area contributed by atoms with Crippen molar-refractivity contribution in [2.24, 2.45) is 23.2 Å². The maximum Gasteiger partial charge on any atom is 0.251 e. The van der Waals surface area contributed by atoms with Crippen LogP contribution in [0.1, 0.15) is 48.9 Å². The summed E-state index contributed by atoms with van der Waals surface area (Å²) in [5, 5.41) is 6.35. The topological polar surface area (TPSA) is 61.4 Å². The third-order valence-electron chi connectivity index (χ3n) is 8.35. The highest BCUT2D eigenvalue weighted by Crippen LogP contribution is 2.61. The quantitative estimate of drug-likeness (QED) is 0.617. The number of hydrogen-bond acceptors (Lipinski definition) is 3. The van der Waals surface area contributed by atoms with Gasteiger partial charge in [0.1, 0.15) is 6.04 Å². The molecule has 2 amide bonds. The lowest BCUT2D eigenvalue weighted by molar-refractivity contribution is -0.134. The van der Waals surface area contributed by atoms with E-state index in [9.17, 15) is 9.59 Å². The first kappa shape index (κ1) is 23.1. The second-order valence-electron chi connectivity index (χ2n) is 11.2. The number of likely N-dealkylation sites (N-methyl/N-ethyl adjacent to an activating group) is 1.